The van der Waals surface area contributed by atoms with Crippen molar-refractivity contribution in [1.82, 2.24) is 4.90 Å². The fourth-order valence-corrected chi connectivity index (χ4v) is 5.20. The first kappa shape index (κ1) is 29.4. The van der Waals surface area contributed by atoms with E-state index in [4.69, 9.17) is 0 Å². The topological polar surface area (TPSA) is 124 Å². The van der Waals surface area contributed by atoms with Crippen LogP contribution in [0.1, 0.15) is 30.0 Å². The predicted molar refractivity (Wildman–Crippen MR) is 159 cm³/mol. The Morgan fingerprint density at radius 3 is 2.48 bits per heavy atom. The summed E-state index contributed by atoms with van der Waals surface area (Å²) in [7, 11) is 0. The lowest BCUT2D eigenvalue weighted by Gasteiger charge is -2.27. The van der Waals surface area contributed by atoms with Gasteiger partial charge in [-0.3, -0.25) is 19.7 Å². The molecule has 2 N–H and O–H groups in total. The van der Waals surface area contributed by atoms with Crippen molar-refractivity contribution >= 4 is 45.8 Å². The molecule has 4 rings (SSSR count). The molecule has 2 atom stereocenters. The highest BCUT2D eigenvalue weighted by molar-refractivity contribution is 14.1. The van der Waals surface area contributed by atoms with Crippen LogP contribution in [0.3, 0.4) is 0 Å². The zero-order valence-corrected chi connectivity index (χ0v) is 24.1. The normalized spacial score (nSPS) is 17.2. The number of hydrogen-bond donors (Lipinski definition) is 2. The molecule has 40 heavy (non-hydrogen) atoms. The van der Waals surface area contributed by atoms with Crippen LogP contribution >= 0.6 is 22.6 Å². The van der Waals surface area contributed by atoms with E-state index >= 15 is 0 Å². The minimum Gasteiger partial charge on any atom is -0.395 e. The summed E-state index contributed by atoms with van der Waals surface area (Å²) >= 11 is 2.19. The number of amides is 2. The summed E-state index contributed by atoms with van der Waals surface area (Å²) in [5.74, 6) is -1.60. The minimum absolute atomic E-state index is 0.00436. The number of nitrogens with zero attached hydrogens (tertiary/aromatic N) is 3. The zero-order chi connectivity index (χ0) is 28.9. The molecule has 0 unspecified atom stereocenters. The third kappa shape index (κ3) is 6.24. The van der Waals surface area contributed by atoms with E-state index < -0.39 is 22.3 Å². The SMILES string of the molecule is C[C@@H](/C=C/CC(=O)N(CCO)Cc1ccccc1)[C@]1(O)C(=O)N(Cc2ccc(I)cc2)c2ccc([N+](=O)[O-])cc21. The van der Waals surface area contributed by atoms with Crippen molar-refractivity contribution in [2.75, 3.05) is 18.1 Å². The zero-order valence-electron chi connectivity index (χ0n) is 21.9. The molecule has 10 heteroatoms. The highest BCUT2D eigenvalue weighted by Gasteiger charge is 2.53. The van der Waals surface area contributed by atoms with Crippen molar-refractivity contribution in [2.45, 2.75) is 32.0 Å². The number of nitro benzene ring substituents is 1. The van der Waals surface area contributed by atoms with Gasteiger partial charge in [0.25, 0.3) is 11.6 Å². The molecule has 0 aromatic heterocycles. The predicted octanol–water partition coefficient (Wildman–Crippen LogP) is 4.54. The van der Waals surface area contributed by atoms with Gasteiger partial charge >= 0.3 is 0 Å². The molecular formula is C30H30IN3O6. The van der Waals surface area contributed by atoms with Gasteiger partial charge in [-0.05, 0) is 51.9 Å². The van der Waals surface area contributed by atoms with E-state index in [1.54, 1.807) is 24.0 Å². The second kappa shape index (κ2) is 12.7. The first-order chi connectivity index (χ1) is 19.1. The summed E-state index contributed by atoms with van der Waals surface area (Å²) in [6.45, 7) is 2.16. The van der Waals surface area contributed by atoms with Crippen molar-refractivity contribution in [3.63, 3.8) is 0 Å². The summed E-state index contributed by atoms with van der Waals surface area (Å²) in [5, 5.41) is 32.8. The molecule has 1 aliphatic heterocycles. The maximum Gasteiger partial charge on any atom is 0.269 e. The molecule has 1 heterocycles. The smallest absolute Gasteiger partial charge is 0.269 e. The number of benzene rings is 3. The van der Waals surface area contributed by atoms with Gasteiger partial charge in [-0.15, -0.1) is 0 Å². The molecule has 2 amide bonds. The quantitative estimate of drug-likeness (QED) is 0.135. The highest BCUT2D eigenvalue weighted by atomic mass is 127. The van der Waals surface area contributed by atoms with Crippen molar-refractivity contribution in [3.05, 3.63) is 115 Å². The fraction of sp³-hybridized carbons (Fsp3) is 0.267. The molecular weight excluding hydrogens is 625 g/mol. The number of carbonyl (C=O) groups is 2. The molecule has 0 spiro atoms. The Kier molecular flexibility index (Phi) is 9.33. The van der Waals surface area contributed by atoms with Gasteiger partial charge in [0, 0.05) is 46.7 Å². The van der Waals surface area contributed by atoms with Gasteiger partial charge in [0.2, 0.25) is 5.91 Å². The molecule has 3 aromatic carbocycles. The van der Waals surface area contributed by atoms with Gasteiger partial charge in [0.05, 0.1) is 23.8 Å². The van der Waals surface area contributed by atoms with E-state index in [0.29, 0.717) is 12.2 Å². The van der Waals surface area contributed by atoms with Crippen LogP contribution in [0.4, 0.5) is 11.4 Å². The number of anilines is 1. The molecule has 0 fully saturated rings. The van der Waals surface area contributed by atoms with E-state index in [0.717, 1.165) is 14.7 Å². The minimum atomic E-state index is -2.06. The van der Waals surface area contributed by atoms with Crippen LogP contribution in [0.25, 0.3) is 0 Å². The summed E-state index contributed by atoms with van der Waals surface area (Å²) in [6.07, 6.45) is 3.18. The Morgan fingerprint density at radius 2 is 1.82 bits per heavy atom. The third-order valence-electron chi connectivity index (χ3n) is 7.03. The van der Waals surface area contributed by atoms with E-state index in [-0.39, 0.29) is 43.3 Å². The van der Waals surface area contributed by atoms with Crippen molar-refractivity contribution in [1.29, 1.82) is 0 Å². The van der Waals surface area contributed by atoms with Crippen LogP contribution in [0.15, 0.2) is 84.9 Å². The van der Waals surface area contributed by atoms with Gasteiger partial charge in [-0.1, -0.05) is 61.5 Å². The monoisotopic (exact) mass is 655 g/mol. The van der Waals surface area contributed by atoms with Crippen molar-refractivity contribution in [3.8, 4) is 0 Å². The first-order valence-electron chi connectivity index (χ1n) is 12.8. The van der Waals surface area contributed by atoms with Gasteiger partial charge < -0.3 is 20.0 Å². The van der Waals surface area contributed by atoms with E-state index in [1.165, 1.54) is 23.1 Å². The summed E-state index contributed by atoms with van der Waals surface area (Å²) in [6, 6.07) is 21.1. The largest absolute Gasteiger partial charge is 0.395 e. The van der Waals surface area contributed by atoms with E-state index in [1.807, 2.05) is 54.6 Å². The van der Waals surface area contributed by atoms with Crippen LogP contribution in [-0.4, -0.2) is 45.0 Å². The molecule has 1 aliphatic rings. The highest BCUT2D eigenvalue weighted by Crippen LogP contribution is 2.47. The Morgan fingerprint density at radius 1 is 1.12 bits per heavy atom. The van der Waals surface area contributed by atoms with Crippen molar-refractivity contribution < 1.29 is 24.7 Å². The van der Waals surface area contributed by atoms with Crippen LogP contribution in [0, 0.1) is 19.6 Å². The molecule has 9 nitrogen and oxygen atoms in total. The lowest BCUT2D eigenvalue weighted by Crippen LogP contribution is -2.44. The molecule has 0 aliphatic carbocycles. The average molecular weight is 655 g/mol. The number of halogens is 1. The number of carbonyl (C=O) groups excluding carboxylic acids is 2. The second-order valence-corrected chi connectivity index (χ2v) is 10.9. The fourth-order valence-electron chi connectivity index (χ4n) is 4.84. The summed E-state index contributed by atoms with van der Waals surface area (Å²) in [4.78, 5) is 40.6. The standard InChI is InChI=1S/C30H30IN3O6/c1-21(6-5-9-28(36)32(16-17-35)19-22-7-3-2-4-8-22)30(38)26-18-25(34(39)40)14-15-27(26)33(29(30)37)20-23-10-12-24(31)13-11-23/h2-8,10-15,18,21,35,38H,9,16-17,19-20H2,1H3/b6-5+/t21-,30+/m0/s1. The van der Waals surface area contributed by atoms with E-state index in [2.05, 4.69) is 22.6 Å². The molecule has 208 valence electrons. The molecule has 3 aromatic rings. The number of hydrogen-bond acceptors (Lipinski definition) is 6. The third-order valence-corrected chi connectivity index (χ3v) is 7.75. The van der Waals surface area contributed by atoms with Crippen molar-refractivity contribution in [2.24, 2.45) is 5.92 Å². The maximum atomic E-state index is 13.7. The summed E-state index contributed by atoms with van der Waals surface area (Å²) < 4.78 is 1.04. The number of non-ortho nitro benzene ring substituents is 1. The first-order valence-corrected chi connectivity index (χ1v) is 13.9. The average Bonchev–Trinajstić information content (AvgIpc) is 3.16. The maximum absolute atomic E-state index is 13.7. The Balaban J connectivity index is 1.57. The van der Waals surface area contributed by atoms with Crippen LogP contribution in [0.2, 0.25) is 0 Å². The summed E-state index contributed by atoms with van der Waals surface area (Å²) in [5.41, 5.74) is 0.0564. The van der Waals surface area contributed by atoms with Gasteiger partial charge in [0.1, 0.15) is 0 Å². The number of fused-ring (bicyclic) bond motifs is 1. The van der Waals surface area contributed by atoms with Crippen LogP contribution < -0.4 is 4.90 Å². The number of aliphatic hydroxyl groups is 2. The Bertz CT molecular complexity index is 1410. The Labute approximate surface area is 246 Å². The van der Waals surface area contributed by atoms with Gasteiger partial charge in [-0.2, -0.15) is 0 Å². The van der Waals surface area contributed by atoms with Crippen LogP contribution in [0.5, 0.6) is 0 Å². The second-order valence-electron chi connectivity index (χ2n) is 9.69. The molecule has 0 saturated carbocycles. The lowest BCUT2D eigenvalue weighted by atomic mass is 9.82. The molecule has 0 bridgehead atoms. The number of nitro groups is 1. The lowest BCUT2D eigenvalue weighted by molar-refractivity contribution is -0.385. The van der Waals surface area contributed by atoms with Crippen LogP contribution in [-0.2, 0) is 28.3 Å². The van der Waals surface area contributed by atoms with Gasteiger partial charge in [0.15, 0.2) is 5.60 Å². The number of aliphatic hydroxyl groups excluding tert-OH is 1. The number of rotatable bonds is 11. The molecule has 0 radical (unpaired) electrons. The van der Waals surface area contributed by atoms with Gasteiger partial charge in [-0.25, -0.2) is 0 Å². The molecule has 0 saturated heterocycles. The van der Waals surface area contributed by atoms with E-state index in [9.17, 15) is 29.9 Å². The Hall–Kier alpha value is -3.61.